The second-order valence-electron chi connectivity index (χ2n) is 5.79. The molecule has 2 heterocycles. The number of hydrogen-bond acceptors (Lipinski definition) is 4. The lowest BCUT2D eigenvalue weighted by Crippen LogP contribution is -2.30. The van der Waals surface area contributed by atoms with E-state index in [4.69, 9.17) is 4.74 Å². The van der Waals surface area contributed by atoms with Gasteiger partial charge in [0, 0.05) is 38.1 Å². The first-order chi connectivity index (χ1) is 12.1. The van der Waals surface area contributed by atoms with Gasteiger partial charge in [0.25, 0.3) is 5.91 Å². The molecular weight excluding hydrogens is 318 g/mol. The number of rotatable bonds is 6. The third-order valence-electron chi connectivity index (χ3n) is 4.12. The summed E-state index contributed by atoms with van der Waals surface area (Å²) in [6.45, 7) is 3.23. The molecule has 3 aromatic rings. The van der Waals surface area contributed by atoms with Gasteiger partial charge in [0.1, 0.15) is 17.3 Å². The molecule has 1 aromatic carbocycles. The standard InChI is InChI=1S/C18H21N5O2/c1-13-19-7-8-23(13)10-9-22(2)18(24)17-12-16(20-21-17)14-5-4-6-15(11-14)25-3/h4-8,11-12H,9-10H2,1-3H3,(H,20,21). The minimum atomic E-state index is -0.0978. The van der Waals surface area contributed by atoms with Gasteiger partial charge in [-0.3, -0.25) is 9.89 Å². The van der Waals surface area contributed by atoms with Crippen LogP contribution in [0.15, 0.2) is 42.7 Å². The number of amides is 1. The zero-order chi connectivity index (χ0) is 17.8. The third kappa shape index (κ3) is 3.71. The van der Waals surface area contributed by atoms with E-state index >= 15 is 0 Å². The minimum absolute atomic E-state index is 0.0978. The lowest BCUT2D eigenvalue weighted by molar-refractivity contribution is 0.0784. The SMILES string of the molecule is COc1cccc(-c2cc(C(=O)N(C)CCn3ccnc3C)[nH]n2)c1. The van der Waals surface area contributed by atoms with Gasteiger partial charge in [-0.2, -0.15) is 5.10 Å². The van der Waals surface area contributed by atoms with E-state index < -0.39 is 0 Å². The van der Waals surface area contributed by atoms with Gasteiger partial charge in [0.15, 0.2) is 0 Å². The molecule has 0 aliphatic carbocycles. The van der Waals surface area contributed by atoms with Crippen LogP contribution in [0.3, 0.4) is 0 Å². The molecule has 130 valence electrons. The van der Waals surface area contributed by atoms with Crippen molar-refractivity contribution in [3.63, 3.8) is 0 Å². The number of imidazole rings is 1. The molecule has 3 rings (SSSR count). The van der Waals surface area contributed by atoms with Crippen molar-refractivity contribution in [2.45, 2.75) is 13.5 Å². The molecule has 0 fully saturated rings. The van der Waals surface area contributed by atoms with Crippen molar-refractivity contribution in [3.8, 4) is 17.0 Å². The molecule has 0 atom stereocenters. The molecule has 0 unspecified atom stereocenters. The number of likely N-dealkylation sites (N-methyl/N-ethyl adjacent to an activating group) is 1. The van der Waals surface area contributed by atoms with Gasteiger partial charge in [0.2, 0.25) is 0 Å². The van der Waals surface area contributed by atoms with Gasteiger partial charge >= 0.3 is 0 Å². The summed E-state index contributed by atoms with van der Waals surface area (Å²) in [5.74, 6) is 1.59. The van der Waals surface area contributed by atoms with Crippen molar-refractivity contribution >= 4 is 5.91 Å². The Kier molecular flexibility index (Phi) is 4.83. The van der Waals surface area contributed by atoms with E-state index in [0.717, 1.165) is 17.1 Å². The van der Waals surface area contributed by atoms with Crippen LogP contribution < -0.4 is 4.74 Å². The Balaban J connectivity index is 1.68. The van der Waals surface area contributed by atoms with Crippen LogP contribution in [0.1, 0.15) is 16.3 Å². The van der Waals surface area contributed by atoms with Crippen molar-refractivity contribution in [2.24, 2.45) is 0 Å². The molecule has 0 bridgehead atoms. The first kappa shape index (κ1) is 16.8. The predicted molar refractivity (Wildman–Crippen MR) is 94.5 cm³/mol. The number of nitrogens with zero attached hydrogens (tertiary/aromatic N) is 4. The highest BCUT2D eigenvalue weighted by Crippen LogP contribution is 2.22. The summed E-state index contributed by atoms with van der Waals surface area (Å²) in [5, 5.41) is 7.07. The van der Waals surface area contributed by atoms with Crippen LogP contribution in [0.5, 0.6) is 5.75 Å². The maximum Gasteiger partial charge on any atom is 0.271 e. The van der Waals surface area contributed by atoms with Gasteiger partial charge in [-0.15, -0.1) is 0 Å². The number of ether oxygens (including phenoxy) is 1. The number of benzene rings is 1. The van der Waals surface area contributed by atoms with Gasteiger partial charge in [-0.25, -0.2) is 4.98 Å². The number of H-pyrrole nitrogens is 1. The fraction of sp³-hybridized carbons (Fsp3) is 0.278. The number of methoxy groups -OCH3 is 1. The van der Waals surface area contributed by atoms with Crippen LogP contribution in [0, 0.1) is 6.92 Å². The van der Waals surface area contributed by atoms with E-state index in [1.807, 2.05) is 42.0 Å². The normalized spacial score (nSPS) is 10.7. The van der Waals surface area contributed by atoms with E-state index in [-0.39, 0.29) is 5.91 Å². The van der Waals surface area contributed by atoms with Crippen molar-refractivity contribution in [1.29, 1.82) is 0 Å². The van der Waals surface area contributed by atoms with Crippen molar-refractivity contribution in [1.82, 2.24) is 24.6 Å². The molecule has 25 heavy (non-hydrogen) atoms. The van der Waals surface area contributed by atoms with Crippen LogP contribution in [-0.4, -0.2) is 51.3 Å². The molecule has 0 aliphatic rings. The maximum absolute atomic E-state index is 12.6. The van der Waals surface area contributed by atoms with Crippen LogP contribution in [0.2, 0.25) is 0 Å². The minimum Gasteiger partial charge on any atom is -0.497 e. The quantitative estimate of drug-likeness (QED) is 0.748. The average molecular weight is 339 g/mol. The van der Waals surface area contributed by atoms with E-state index in [1.165, 1.54) is 0 Å². The highest BCUT2D eigenvalue weighted by molar-refractivity contribution is 5.93. The summed E-state index contributed by atoms with van der Waals surface area (Å²) < 4.78 is 7.24. The predicted octanol–water partition coefficient (Wildman–Crippen LogP) is 2.36. The average Bonchev–Trinajstić information content (AvgIpc) is 3.28. The molecule has 1 N–H and O–H groups in total. The molecule has 0 spiro atoms. The summed E-state index contributed by atoms with van der Waals surface area (Å²) in [7, 11) is 3.40. The summed E-state index contributed by atoms with van der Waals surface area (Å²) >= 11 is 0. The zero-order valence-electron chi connectivity index (χ0n) is 14.6. The highest BCUT2D eigenvalue weighted by Gasteiger charge is 2.15. The Labute approximate surface area is 146 Å². The highest BCUT2D eigenvalue weighted by atomic mass is 16.5. The molecule has 0 saturated heterocycles. The van der Waals surface area contributed by atoms with Crippen molar-refractivity contribution in [2.75, 3.05) is 20.7 Å². The van der Waals surface area contributed by atoms with Crippen molar-refractivity contribution in [3.05, 3.63) is 54.2 Å². The topological polar surface area (TPSA) is 76.0 Å². The Bertz CT molecular complexity index is 868. The second kappa shape index (κ2) is 7.21. The number of aryl methyl sites for hydroxylation is 1. The van der Waals surface area contributed by atoms with Crippen LogP contribution in [-0.2, 0) is 6.54 Å². The molecule has 0 saturated carbocycles. The maximum atomic E-state index is 12.6. The molecule has 1 amide bonds. The van der Waals surface area contributed by atoms with E-state index in [9.17, 15) is 4.79 Å². The van der Waals surface area contributed by atoms with Gasteiger partial charge in [-0.05, 0) is 25.1 Å². The smallest absolute Gasteiger partial charge is 0.271 e. The fourth-order valence-corrected chi connectivity index (χ4v) is 2.57. The molecule has 2 aromatic heterocycles. The molecule has 0 aliphatic heterocycles. The summed E-state index contributed by atoms with van der Waals surface area (Å²) in [6.07, 6.45) is 3.66. The number of carbonyl (C=O) groups excluding carboxylic acids is 1. The number of carbonyl (C=O) groups is 1. The molecule has 0 radical (unpaired) electrons. The Morgan fingerprint density at radius 1 is 1.36 bits per heavy atom. The number of aromatic amines is 1. The molecule has 7 heteroatoms. The monoisotopic (exact) mass is 339 g/mol. The summed E-state index contributed by atoms with van der Waals surface area (Å²) in [5.41, 5.74) is 2.06. The van der Waals surface area contributed by atoms with Crippen molar-refractivity contribution < 1.29 is 9.53 Å². The van der Waals surface area contributed by atoms with E-state index in [1.54, 1.807) is 31.3 Å². The van der Waals surface area contributed by atoms with Gasteiger partial charge in [0.05, 0.1) is 12.8 Å². The summed E-state index contributed by atoms with van der Waals surface area (Å²) in [4.78, 5) is 18.4. The Morgan fingerprint density at radius 3 is 2.92 bits per heavy atom. The fourth-order valence-electron chi connectivity index (χ4n) is 2.57. The third-order valence-corrected chi connectivity index (χ3v) is 4.12. The molecule has 7 nitrogen and oxygen atoms in total. The first-order valence-corrected chi connectivity index (χ1v) is 8.01. The Morgan fingerprint density at radius 2 is 2.20 bits per heavy atom. The first-order valence-electron chi connectivity index (χ1n) is 8.01. The van der Waals surface area contributed by atoms with Crippen LogP contribution in [0.25, 0.3) is 11.3 Å². The Hall–Kier alpha value is -3.09. The second-order valence-corrected chi connectivity index (χ2v) is 5.79. The summed E-state index contributed by atoms with van der Waals surface area (Å²) in [6, 6.07) is 9.34. The lowest BCUT2D eigenvalue weighted by atomic mass is 10.1. The van der Waals surface area contributed by atoms with E-state index in [0.29, 0.717) is 24.5 Å². The van der Waals surface area contributed by atoms with E-state index in [2.05, 4.69) is 15.2 Å². The van der Waals surface area contributed by atoms with Gasteiger partial charge < -0.3 is 14.2 Å². The molecular formula is C18H21N5O2. The number of aromatic nitrogens is 4. The number of hydrogen-bond donors (Lipinski definition) is 1. The van der Waals surface area contributed by atoms with Crippen LogP contribution in [0.4, 0.5) is 0 Å². The largest absolute Gasteiger partial charge is 0.497 e. The van der Waals surface area contributed by atoms with Crippen LogP contribution >= 0.6 is 0 Å². The van der Waals surface area contributed by atoms with Gasteiger partial charge in [-0.1, -0.05) is 12.1 Å². The lowest BCUT2D eigenvalue weighted by Gasteiger charge is -2.16. The zero-order valence-corrected chi connectivity index (χ0v) is 14.6. The number of nitrogens with one attached hydrogen (secondary N) is 1.